The van der Waals surface area contributed by atoms with Crippen LogP contribution < -0.4 is 0 Å². The Morgan fingerprint density at radius 1 is 0.282 bits per heavy atom. The molecule has 0 unspecified atom stereocenters. The number of aromatic nitrogens is 3. The molecule has 0 spiro atoms. The van der Waals surface area contributed by atoms with Gasteiger partial charge in [0.1, 0.15) is 12.1 Å². The fourth-order valence-electron chi connectivity index (χ4n) is 11.6. The van der Waals surface area contributed by atoms with E-state index in [1.165, 1.54) is 0 Å². The largest absolute Gasteiger partial charge is 0.309 e. The number of hydrogen-bond acceptors (Lipinski definition) is 3. The van der Waals surface area contributed by atoms with E-state index in [9.17, 15) is 10.5 Å². The van der Waals surface area contributed by atoms with Crippen molar-refractivity contribution in [2.75, 3.05) is 0 Å². The molecule has 0 aliphatic heterocycles. The molecule has 0 bridgehead atoms. The minimum atomic E-state index is 0.314. The quantitative estimate of drug-likeness (QED) is 0.145. The van der Waals surface area contributed by atoms with Gasteiger partial charge in [0.05, 0.1) is 50.3 Å². The van der Waals surface area contributed by atoms with Crippen molar-refractivity contribution in [2.24, 2.45) is 0 Å². The first-order chi connectivity index (χ1) is 38.6. The van der Waals surface area contributed by atoms with Crippen LogP contribution in [0.3, 0.4) is 0 Å². The smallest absolute Gasteiger partial charge is 0.101 e. The van der Waals surface area contributed by atoms with Gasteiger partial charge in [0, 0.05) is 50.0 Å². The van der Waals surface area contributed by atoms with Gasteiger partial charge in [0.15, 0.2) is 0 Å². The maximum atomic E-state index is 10.9. The summed E-state index contributed by atoms with van der Waals surface area (Å²) in [5, 5.41) is 25.9. The Labute approximate surface area is 451 Å². The summed E-state index contributed by atoms with van der Waals surface area (Å²) in [4.78, 5) is 5.41. The molecule has 78 heavy (non-hydrogen) atoms. The molecule has 0 atom stereocenters. The van der Waals surface area contributed by atoms with Crippen LogP contribution in [0.1, 0.15) is 11.1 Å². The molecule has 0 saturated heterocycles. The van der Waals surface area contributed by atoms with Crippen molar-refractivity contribution in [1.29, 1.82) is 10.5 Å². The zero-order valence-electron chi connectivity index (χ0n) is 42.2. The third-order valence-corrected chi connectivity index (χ3v) is 15.3. The van der Waals surface area contributed by atoms with Gasteiger partial charge in [-0.3, -0.25) is 4.98 Å². The number of rotatable bonds is 9. The van der Waals surface area contributed by atoms with E-state index in [-0.39, 0.29) is 0 Å². The van der Waals surface area contributed by atoms with Crippen LogP contribution >= 0.6 is 0 Å². The number of pyridine rings is 1. The lowest BCUT2D eigenvalue weighted by Crippen LogP contribution is -2.01. The molecule has 0 fully saturated rings. The minimum absolute atomic E-state index is 0.314. The maximum Gasteiger partial charge on any atom is 0.101 e. The molecule has 0 saturated carbocycles. The van der Waals surface area contributed by atoms with Crippen LogP contribution in [0.5, 0.6) is 0 Å². The summed E-state index contributed by atoms with van der Waals surface area (Å²) in [7, 11) is 0. The van der Waals surface area contributed by atoms with Crippen LogP contribution in [0.2, 0.25) is 0 Å². The molecule has 0 N–H and O–H groups in total. The fourth-order valence-corrected chi connectivity index (χ4v) is 11.6. The third kappa shape index (κ3) is 7.74. The highest BCUT2D eigenvalue weighted by Crippen LogP contribution is 2.45. The van der Waals surface area contributed by atoms with Crippen LogP contribution in [0.4, 0.5) is 0 Å². The summed E-state index contributed by atoms with van der Waals surface area (Å²) in [6.07, 6.45) is 1.96. The van der Waals surface area contributed by atoms with Crippen LogP contribution in [-0.4, -0.2) is 14.1 Å². The molecule has 5 heteroatoms. The predicted molar refractivity (Wildman–Crippen MR) is 320 cm³/mol. The van der Waals surface area contributed by atoms with Crippen molar-refractivity contribution in [3.63, 3.8) is 0 Å². The number of nitrogens with zero attached hydrogens (tertiary/aromatic N) is 5. The highest BCUT2D eigenvalue weighted by atomic mass is 15.0. The molecule has 0 radical (unpaired) electrons. The van der Waals surface area contributed by atoms with Gasteiger partial charge in [-0.25, -0.2) is 0 Å². The molecule has 3 heterocycles. The zero-order chi connectivity index (χ0) is 52.1. The summed E-state index contributed by atoms with van der Waals surface area (Å²) >= 11 is 0. The molecule has 362 valence electrons. The summed E-state index contributed by atoms with van der Waals surface area (Å²) in [5.74, 6) is 0. The van der Waals surface area contributed by atoms with Crippen molar-refractivity contribution in [2.45, 2.75) is 0 Å². The van der Waals surface area contributed by atoms with E-state index in [2.05, 4.69) is 270 Å². The fraction of sp³-hybridized carbons (Fsp3) is 0. The van der Waals surface area contributed by atoms with Crippen LogP contribution in [0, 0.1) is 22.7 Å². The van der Waals surface area contributed by atoms with Gasteiger partial charge < -0.3 is 9.13 Å². The molecule has 0 aliphatic rings. The molecule has 14 rings (SSSR count). The number of nitriles is 2. The Kier molecular flexibility index (Phi) is 11.2. The second-order valence-electron chi connectivity index (χ2n) is 19.7. The van der Waals surface area contributed by atoms with Crippen molar-refractivity contribution in [3.8, 4) is 102 Å². The summed E-state index contributed by atoms with van der Waals surface area (Å²) in [6, 6.07) is 98.5. The second-order valence-corrected chi connectivity index (χ2v) is 19.7. The van der Waals surface area contributed by atoms with E-state index >= 15 is 0 Å². The Bertz CT molecular complexity index is 4540. The molecule has 14 aromatic rings. The molecule has 3 aromatic heterocycles. The third-order valence-electron chi connectivity index (χ3n) is 15.3. The topological polar surface area (TPSA) is 70.3 Å². The van der Waals surface area contributed by atoms with Gasteiger partial charge in [-0.05, 0) is 123 Å². The molecule has 0 amide bonds. The minimum Gasteiger partial charge on any atom is -0.309 e. The summed E-state index contributed by atoms with van der Waals surface area (Å²) in [5.41, 5.74) is 20.8. The molecule has 11 aromatic carbocycles. The predicted octanol–water partition coefficient (Wildman–Crippen LogP) is 18.7. The first-order valence-corrected chi connectivity index (χ1v) is 26.1. The van der Waals surface area contributed by atoms with Crippen molar-refractivity contribution < 1.29 is 0 Å². The highest BCUT2D eigenvalue weighted by molar-refractivity contribution is 6.14. The Morgan fingerprint density at radius 3 is 1.06 bits per heavy atom. The van der Waals surface area contributed by atoms with Crippen molar-refractivity contribution in [1.82, 2.24) is 14.1 Å². The van der Waals surface area contributed by atoms with E-state index in [0.29, 0.717) is 16.7 Å². The van der Waals surface area contributed by atoms with Gasteiger partial charge >= 0.3 is 0 Å². The van der Waals surface area contributed by atoms with Gasteiger partial charge in [0.2, 0.25) is 0 Å². The average Bonchev–Trinajstić information content (AvgIpc) is 4.25. The summed E-state index contributed by atoms with van der Waals surface area (Å²) < 4.78 is 4.72. The van der Waals surface area contributed by atoms with Gasteiger partial charge in [-0.15, -0.1) is 0 Å². The number of hydrogen-bond donors (Lipinski definition) is 0. The highest BCUT2D eigenvalue weighted by Gasteiger charge is 2.24. The summed E-state index contributed by atoms with van der Waals surface area (Å²) in [6.45, 7) is 0. The molecular formula is C73H45N5. The SMILES string of the molecule is N#Cc1cccc(-c2cc(-c3ccccc3-n3c4ccc(-c5ccccc5)cc4c4cc(-c5ccccc5)ccc43)ncc2-c2ccccc2-n2c3ccc(-c4ccccc4)cc3c3cc(-c4ccccc4)ccc32)c1C#N. The second kappa shape index (κ2) is 19.1. The lowest BCUT2D eigenvalue weighted by molar-refractivity contribution is 1.17. The monoisotopic (exact) mass is 991 g/mol. The first kappa shape index (κ1) is 45.7. The van der Waals surface area contributed by atoms with E-state index in [0.717, 1.165) is 127 Å². The molecule has 0 aliphatic carbocycles. The van der Waals surface area contributed by atoms with E-state index < -0.39 is 0 Å². The average molecular weight is 992 g/mol. The van der Waals surface area contributed by atoms with Crippen molar-refractivity contribution in [3.05, 3.63) is 284 Å². The standard InChI is InChI=1S/C73H45N5/c74-45-56-26-17-29-57(65(56)46-75)60-44-67(59-28-14-16-31-69(59)78-72-38-34-54(50-22-9-3-10-23-50)42-63(72)64-43-55(35-39-73(64)78)51-24-11-4-12-25-51)76-47-66(60)58-27-13-15-30-68(58)77-70-36-32-52(48-18-5-1-6-19-48)40-61(70)62-41-53(33-37-71(62)77)49-20-7-2-8-21-49/h1-44,47H. The van der Waals surface area contributed by atoms with Crippen molar-refractivity contribution >= 4 is 43.6 Å². The normalized spacial score (nSPS) is 11.3. The van der Waals surface area contributed by atoms with E-state index in [1.54, 1.807) is 6.07 Å². The maximum absolute atomic E-state index is 10.9. The number of benzene rings is 11. The Morgan fingerprint density at radius 2 is 0.654 bits per heavy atom. The van der Waals surface area contributed by atoms with Gasteiger partial charge in [-0.1, -0.05) is 194 Å². The lowest BCUT2D eigenvalue weighted by Gasteiger charge is -2.19. The first-order valence-electron chi connectivity index (χ1n) is 26.1. The number of para-hydroxylation sites is 2. The lowest BCUT2D eigenvalue weighted by atomic mass is 9.89. The van der Waals surface area contributed by atoms with Gasteiger partial charge in [-0.2, -0.15) is 10.5 Å². The Balaban J connectivity index is 0.991. The molecular weight excluding hydrogens is 947 g/mol. The van der Waals surface area contributed by atoms with Crippen LogP contribution in [0.15, 0.2) is 273 Å². The molecule has 5 nitrogen and oxygen atoms in total. The zero-order valence-corrected chi connectivity index (χ0v) is 42.2. The number of fused-ring (bicyclic) bond motifs is 6. The van der Waals surface area contributed by atoms with E-state index in [1.807, 2.05) is 18.3 Å². The van der Waals surface area contributed by atoms with E-state index in [4.69, 9.17) is 4.98 Å². The van der Waals surface area contributed by atoms with Crippen LogP contribution in [-0.2, 0) is 0 Å². The Hall–Kier alpha value is -10.9. The van der Waals surface area contributed by atoms with Gasteiger partial charge in [0.25, 0.3) is 0 Å². The van der Waals surface area contributed by atoms with Crippen LogP contribution in [0.25, 0.3) is 133 Å².